The number of aromatic nitrogens is 2. The van der Waals surface area contributed by atoms with Crippen molar-refractivity contribution in [1.29, 1.82) is 0 Å². The van der Waals surface area contributed by atoms with E-state index in [2.05, 4.69) is 26.3 Å². The molecule has 6 heteroatoms. The molecule has 0 aliphatic carbocycles. The minimum atomic E-state index is -0.0660. The molecular formula is C14H12BrN3OS. The molecule has 2 heterocycles. The maximum Gasteiger partial charge on any atom is 0.279 e. The number of nitrogens with zero attached hydrogens (tertiary/aromatic N) is 2. The second-order valence-corrected chi connectivity index (χ2v) is 6.91. The lowest BCUT2D eigenvalue weighted by molar-refractivity contribution is 0.758. The van der Waals surface area contributed by atoms with E-state index in [0.29, 0.717) is 17.8 Å². The van der Waals surface area contributed by atoms with E-state index in [1.54, 1.807) is 17.4 Å². The summed E-state index contributed by atoms with van der Waals surface area (Å²) in [4.78, 5) is 18.0. The van der Waals surface area contributed by atoms with E-state index in [1.807, 2.05) is 37.3 Å². The summed E-state index contributed by atoms with van der Waals surface area (Å²) >= 11 is 5.07. The lowest BCUT2D eigenvalue weighted by Gasteiger charge is -2.12. The normalized spacial score (nSPS) is 10.9. The molecule has 0 saturated heterocycles. The van der Waals surface area contributed by atoms with Crippen molar-refractivity contribution in [2.45, 2.75) is 13.5 Å². The molecule has 0 saturated carbocycles. The number of nitrogens with one attached hydrogen (secondary N) is 1. The lowest BCUT2D eigenvalue weighted by Crippen LogP contribution is -2.31. The first kappa shape index (κ1) is 13.3. The van der Waals surface area contributed by atoms with Crippen LogP contribution in [0.1, 0.15) is 10.7 Å². The van der Waals surface area contributed by atoms with E-state index in [0.717, 1.165) is 14.2 Å². The summed E-state index contributed by atoms with van der Waals surface area (Å²) in [6.07, 6.45) is 0. The van der Waals surface area contributed by atoms with E-state index < -0.39 is 0 Å². The number of aryl methyl sites for hydroxylation is 1. The number of hydrogen-bond donors (Lipinski definition) is 1. The number of fused-ring (bicyclic) bond motifs is 1. The van der Waals surface area contributed by atoms with Crippen molar-refractivity contribution in [1.82, 2.24) is 9.66 Å². The maximum absolute atomic E-state index is 12.4. The monoisotopic (exact) mass is 349 g/mol. The summed E-state index contributed by atoms with van der Waals surface area (Å²) < 4.78 is 2.59. The van der Waals surface area contributed by atoms with Crippen LogP contribution in [0.3, 0.4) is 0 Å². The molecule has 0 fully saturated rings. The zero-order valence-corrected chi connectivity index (χ0v) is 13.2. The van der Waals surface area contributed by atoms with Gasteiger partial charge in [-0.25, -0.2) is 9.66 Å². The molecule has 0 radical (unpaired) electrons. The molecule has 0 aliphatic rings. The van der Waals surface area contributed by atoms with Gasteiger partial charge in [0.15, 0.2) is 0 Å². The molecule has 1 N–H and O–H groups in total. The molecule has 3 aromatic rings. The van der Waals surface area contributed by atoms with Crippen molar-refractivity contribution < 1.29 is 0 Å². The van der Waals surface area contributed by atoms with Crippen LogP contribution >= 0.6 is 27.3 Å². The van der Waals surface area contributed by atoms with Gasteiger partial charge in [0.2, 0.25) is 0 Å². The zero-order chi connectivity index (χ0) is 14.1. The number of halogens is 1. The highest BCUT2D eigenvalue weighted by molar-refractivity contribution is 9.11. The summed E-state index contributed by atoms with van der Waals surface area (Å²) in [5.74, 6) is 0.657. The number of thiophene rings is 1. The number of rotatable bonds is 3. The van der Waals surface area contributed by atoms with Crippen LogP contribution in [-0.2, 0) is 6.54 Å². The molecule has 1 aromatic carbocycles. The van der Waals surface area contributed by atoms with Gasteiger partial charge in [0, 0.05) is 4.88 Å². The summed E-state index contributed by atoms with van der Waals surface area (Å²) in [6.45, 7) is 2.42. The third-order valence-corrected chi connectivity index (χ3v) is 4.61. The molecular weight excluding hydrogens is 338 g/mol. The summed E-state index contributed by atoms with van der Waals surface area (Å²) in [7, 11) is 0. The summed E-state index contributed by atoms with van der Waals surface area (Å²) in [5.41, 5.74) is 3.80. The van der Waals surface area contributed by atoms with Crippen LogP contribution in [0.5, 0.6) is 0 Å². The van der Waals surface area contributed by atoms with Crippen LogP contribution in [0.4, 0.5) is 0 Å². The van der Waals surface area contributed by atoms with Gasteiger partial charge in [0.05, 0.1) is 21.2 Å². The van der Waals surface area contributed by atoms with Crippen LogP contribution in [-0.4, -0.2) is 9.66 Å². The molecule has 0 spiro atoms. The number of para-hydroxylation sites is 1. The number of hydrogen-bond acceptors (Lipinski definition) is 4. The van der Waals surface area contributed by atoms with E-state index in [4.69, 9.17) is 0 Å². The highest BCUT2D eigenvalue weighted by Gasteiger charge is 2.07. The van der Waals surface area contributed by atoms with Crippen molar-refractivity contribution in [3.8, 4) is 0 Å². The SMILES string of the molecule is Cc1nc2ccccc2c(=O)n1NCc1ccc(Br)s1. The molecule has 0 bridgehead atoms. The van der Waals surface area contributed by atoms with Gasteiger partial charge >= 0.3 is 0 Å². The van der Waals surface area contributed by atoms with E-state index >= 15 is 0 Å². The average Bonchev–Trinajstić information content (AvgIpc) is 2.84. The van der Waals surface area contributed by atoms with Gasteiger partial charge < -0.3 is 5.43 Å². The van der Waals surface area contributed by atoms with E-state index in [-0.39, 0.29) is 5.56 Å². The van der Waals surface area contributed by atoms with Gasteiger partial charge in [-0.1, -0.05) is 12.1 Å². The minimum absolute atomic E-state index is 0.0660. The highest BCUT2D eigenvalue weighted by Crippen LogP contribution is 2.21. The molecule has 0 amide bonds. The van der Waals surface area contributed by atoms with Gasteiger partial charge in [-0.2, -0.15) is 0 Å². The van der Waals surface area contributed by atoms with Crippen LogP contribution in [0.2, 0.25) is 0 Å². The Labute approximate surface area is 128 Å². The topological polar surface area (TPSA) is 46.9 Å². The molecule has 3 rings (SSSR count). The van der Waals surface area contributed by atoms with Gasteiger partial charge in [-0.15, -0.1) is 11.3 Å². The molecule has 102 valence electrons. The minimum Gasteiger partial charge on any atom is -0.316 e. The fourth-order valence-corrected chi connectivity index (χ4v) is 3.45. The first-order valence-electron chi connectivity index (χ1n) is 6.11. The lowest BCUT2D eigenvalue weighted by atomic mass is 10.2. The van der Waals surface area contributed by atoms with Crippen molar-refractivity contribution in [3.63, 3.8) is 0 Å². The van der Waals surface area contributed by atoms with Gasteiger partial charge in [-0.3, -0.25) is 4.79 Å². The van der Waals surface area contributed by atoms with E-state index in [1.165, 1.54) is 4.68 Å². The van der Waals surface area contributed by atoms with Gasteiger partial charge in [0.25, 0.3) is 5.56 Å². The summed E-state index contributed by atoms with van der Waals surface area (Å²) in [6, 6.07) is 11.4. The zero-order valence-electron chi connectivity index (χ0n) is 10.8. The largest absolute Gasteiger partial charge is 0.316 e. The summed E-state index contributed by atoms with van der Waals surface area (Å²) in [5, 5.41) is 0.623. The van der Waals surface area contributed by atoms with Crippen molar-refractivity contribution in [2.24, 2.45) is 0 Å². The van der Waals surface area contributed by atoms with Gasteiger partial charge in [0.1, 0.15) is 5.82 Å². The molecule has 0 unspecified atom stereocenters. The Bertz CT molecular complexity index is 825. The van der Waals surface area contributed by atoms with Crippen LogP contribution < -0.4 is 11.0 Å². The fraction of sp³-hybridized carbons (Fsp3) is 0.143. The van der Waals surface area contributed by atoms with E-state index in [9.17, 15) is 4.79 Å². The highest BCUT2D eigenvalue weighted by atomic mass is 79.9. The Morgan fingerprint density at radius 1 is 1.30 bits per heavy atom. The predicted molar refractivity (Wildman–Crippen MR) is 85.8 cm³/mol. The Morgan fingerprint density at radius 2 is 2.10 bits per heavy atom. The number of benzene rings is 1. The predicted octanol–water partition coefficient (Wildman–Crippen LogP) is 3.27. The Hall–Kier alpha value is -1.66. The third-order valence-electron chi connectivity index (χ3n) is 2.98. The van der Waals surface area contributed by atoms with Crippen molar-refractivity contribution in [2.75, 3.05) is 5.43 Å². The van der Waals surface area contributed by atoms with Crippen molar-refractivity contribution in [3.05, 3.63) is 61.2 Å². The molecule has 0 aliphatic heterocycles. The standard InChI is InChI=1S/C14H12BrN3OS/c1-9-17-12-5-3-2-4-11(12)14(19)18(9)16-8-10-6-7-13(15)20-10/h2-7,16H,8H2,1H3. The van der Waals surface area contributed by atoms with Crippen LogP contribution in [0.15, 0.2) is 45.0 Å². The molecule has 0 atom stereocenters. The Kier molecular flexibility index (Phi) is 3.58. The molecule has 20 heavy (non-hydrogen) atoms. The molecule has 2 aromatic heterocycles. The van der Waals surface area contributed by atoms with Crippen molar-refractivity contribution >= 4 is 38.2 Å². The van der Waals surface area contributed by atoms with Crippen LogP contribution in [0, 0.1) is 6.92 Å². The first-order chi connectivity index (χ1) is 9.65. The quantitative estimate of drug-likeness (QED) is 0.789. The third kappa shape index (κ3) is 2.48. The van der Waals surface area contributed by atoms with Gasteiger partial charge in [-0.05, 0) is 47.1 Å². The second-order valence-electron chi connectivity index (χ2n) is 4.36. The fourth-order valence-electron chi connectivity index (χ4n) is 2.03. The second kappa shape index (κ2) is 5.38. The Balaban J connectivity index is 1.97. The Morgan fingerprint density at radius 3 is 2.85 bits per heavy atom. The smallest absolute Gasteiger partial charge is 0.279 e. The maximum atomic E-state index is 12.4. The van der Waals surface area contributed by atoms with Crippen LogP contribution in [0.25, 0.3) is 10.9 Å². The first-order valence-corrected chi connectivity index (χ1v) is 7.72. The average molecular weight is 350 g/mol. The molecule has 4 nitrogen and oxygen atoms in total.